The van der Waals surface area contributed by atoms with Crippen molar-refractivity contribution in [1.82, 2.24) is 20.2 Å². The molecule has 1 aliphatic rings. The lowest BCUT2D eigenvalue weighted by Crippen LogP contribution is -2.46. The maximum absolute atomic E-state index is 12.5. The third-order valence-corrected chi connectivity index (χ3v) is 5.25. The van der Waals surface area contributed by atoms with Crippen LogP contribution in [0.2, 0.25) is 0 Å². The molecule has 148 valence electrons. The number of nitrogens with zero attached hydrogens (tertiary/aromatic N) is 3. The van der Waals surface area contributed by atoms with Crippen molar-refractivity contribution < 1.29 is 9.59 Å². The molecule has 0 radical (unpaired) electrons. The number of benzene rings is 1. The third kappa shape index (κ3) is 4.25. The van der Waals surface area contributed by atoms with Crippen LogP contribution in [0.5, 0.6) is 0 Å². The van der Waals surface area contributed by atoms with Crippen molar-refractivity contribution in [3.63, 3.8) is 0 Å². The van der Waals surface area contributed by atoms with Gasteiger partial charge in [0.2, 0.25) is 0 Å². The second-order valence-electron chi connectivity index (χ2n) is 7.31. The first-order chi connectivity index (χ1) is 14.1. The molecule has 0 saturated carbocycles. The lowest BCUT2D eigenvalue weighted by Gasteiger charge is -2.29. The average Bonchev–Trinajstić information content (AvgIpc) is 2.76. The highest BCUT2D eigenvalue weighted by Gasteiger charge is 2.22. The number of anilines is 1. The van der Waals surface area contributed by atoms with Gasteiger partial charge in [-0.3, -0.25) is 19.6 Å². The third-order valence-electron chi connectivity index (χ3n) is 5.25. The van der Waals surface area contributed by atoms with Crippen molar-refractivity contribution in [2.75, 3.05) is 25.5 Å². The summed E-state index contributed by atoms with van der Waals surface area (Å²) in [5.41, 5.74) is 3.07. The second kappa shape index (κ2) is 8.36. The minimum atomic E-state index is -0.676. The van der Waals surface area contributed by atoms with Crippen LogP contribution in [0.15, 0.2) is 55.0 Å². The van der Waals surface area contributed by atoms with Crippen LogP contribution in [0.1, 0.15) is 12.8 Å². The van der Waals surface area contributed by atoms with Crippen LogP contribution in [0.4, 0.5) is 5.69 Å². The summed E-state index contributed by atoms with van der Waals surface area (Å²) in [5.74, 6) is -1.29. The molecule has 0 aliphatic carbocycles. The minimum absolute atomic E-state index is 0.0345. The lowest BCUT2D eigenvalue weighted by molar-refractivity contribution is -0.136. The van der Waals surface area contributed by atoms with Gasteiger partial charge >= 0.3 is 11.8 Å². The first-order valence-corrected chi connectivity index (χ1v) is 9.70. The van der Waals surface area contributed by atoms with E-state index in [0.717, 1.165) is 42.4 Å². The van der Waals surface area contributed by atoms with E-state index in [4.69, 9.17) is 0 Å². The van der Waals surface area contributed by atoms with E-state index >= 15 is 0 Å². The maximum Gasteiger partial charge on any atom is 0.313 e. The lowest BCUT2D eigenvalue weighted by atomic mass is 10.0. The molecule has 2 aromatic heterocycles. The van der Waals surface area contributed by atoms with Crippen LogP contribution < -0.4 is 10.6 Å². The Balaban J connectivity index is 1.54. The largest absolute Gasteiger partial charge is 0.345 e. The number of likely N-dealkylation sites (tertiary alicyclic amines) is 1. The van der Waals surface area contributed by atoms with E-state index in [9.17, 15) is 9.59 Å². The number of carbonyl (C=O) groups excluding carboxylic acids is 2. The molecule has 0 unspecified atom stereocenters. The Bertz CT molecular complexity index is 1030. The fraction of sp³-hybridized carbons (Fsp3) is 0.273. The quantitative estimate of drug-likeness (QED) is 0.672. The number of hydrogen-bond donors (Lipinski definition) is 2. The molecular formula is C22H23N5O2. The van der Waals surface area contributed by atoms with E-state index in [1.165, 1.54) is 0 Å². The van der Waals surface area contributed by atoms with Gasteiger partial charge in [-0.05, 0) is 56.7 Å². The zero-order valence-electron chi connectivity index (χ0n) is 16.3. The van der Waals surface area contributed by atoms with Gasteiger partial charge in [0.05, 0.1) is 11.2 Å². The summed E-state index contributed by atoms with van der Waals surface area (Å²) in [6.45, 7) is 1.83. The van der Waals surface area contributed by atoms with E-state index in [2.05, 4.69) is 32.5 Å². The molecule has 1 aromatic carbocycles. The zero-order valence-corrected chi connectivity index (χ0v) is 16.3. The number of pyridine rings is 2. The van der Waals surface area contributed by atoms with Crippen LogP contribution >= 0.6 is 0 Å². The molecule has 1 saturated heterocycles. The molecule has 0 spiro atoms. The van der Waals surface area contributed by atoms with Gasteiger partial charge in [-0.15, -0.1) is 0 Å². The normalized spacial score (nSPS) is 15.2. The molecule has 3 heterocycles. The van der Waals surface area contributed by atoms with E-state index in [1.54, 1.807) is 24.7 Å². The summed E-state index contributed by atoms with van der Waals surface area (Å²) < 4.78 is 0. The SMILES string of the molecule is CN1CCC(NC(=O)C(=O)Nc2ccc(-c3cccnc3)c3cccnc23)CC1. The van der Waals surface area contributed by atoms with E-state index in [1.807, 2.05) is 30.3 Å². The number of rotatable bonds is 3. The average molecular weight is 389 g/mol. The van der Waals surface area contributed by atoms with Crippen molar-refractivity contribution in [3.05, 3.63) is 55.0 Å². The molecule has 29 heavy (non-hydrogen) atoms. The van der Waals surface area contributed by atoms with Crippen molar-refractivity contribution in [1.29, 1.82) is 0 Å². The maximum atomic E-state index is 12.5. The van der Waals surface area contributed by atoms with E-state index in [0.29, 0.717) is 11.2 Å². The standard InChI is InChI=1S/C22H23N5O2/c1-27-12-8-16(9-13-27)25-21(28)22(29)26-19-7-6-17(15-4-2-10-23-14-15)18-5-3-11-24-20(18)19/h2-7,10-11,14,16H,8-9,12-13H2,1H3,(H,25,28)(H,26,29). The van der Waals surface area contributed by atoms with Gasteiger partial charge in [0, 0.05) is 35.6 Å². The van der Waals surface area contributed by atoms with Gasteiger partial charge < -0.3 is 15.5 Å². The Morgan fingerprint density at radius 1 is 1.03 bits per heavy atom. The van der Waals surface area contributed by atoms with Crippen molar-refractivity contribution in [2.24, 2.45) is 0 Å². The van der Waals surface area contributed by atoms with Gasteiger partial charge in [-0.2, -0.15) is 0 Å². The van der Waals surface area contributed by atoms with Gasteiger partial charge in [0.1, 0.15) is 0 Å². The molecule has 0 bridgehead atoms. The monoisotopic (exact) mass is 389 g/mol. The summed E-state index contributed by atoms with van der Waals surface area (Å²) in [6, 6.07) is 11.4. The molecule has 3 aromatic rings. The van der Waals surface area contributed by atoms with Crippen LogP contribution in [-0.2, 0) is 9.59 Å². The van der Waals surface area contributed by atoms with E-state index < -0.39 is 11.8 Å². The minimum Gasteiger partial charge on any atom is -0.345 e. The number of nitrogens with one attached hydrogen (secondary N) is 2. The van der Waals surface area contributed by atoms with Crippen LogP contribution in [0.25, 0.3) is 22.0 Å². The van der Waals surface area contributed by atoms with Crippen molar-refractivity contribution in [2.45, 2.75) is 18.9 Å². The summed E-state index contributed by atoms with van der Waals surface area (Å²) in [7, 11) is 2.05. The number of carbonyl (C=O) groups is 2. The fourth-order valence-corrected chi connectivity index (χ4v) is 3.63. The first kappa shape index (κ1) is 19.0. The van der Waals surface area contributed by atoms with Crippen LogP contribution in [-0.4, -0.2) is 52.9 Å². The summed E-state index contributed by atoms with van der Waals surface area (Å²) in [4.78, 5) is 35.7. The van der Waals surface area contributed by atoms with Gasteiger partial charge in [-0.1, -0.05) is 18.2 Å². The second-order valence-corrected chi connectivity index (χ2v) is 7.31. The highest BCUT2D eigenvalue weighted by Crippen LogP contribution is 2.31. The Morgan fingerprint density at radius 2 is 1.83 bits per heavy atom. The molecule has 4 rings (SSSR count). The highest BCUT2D eigenvalue weighted by atomic mass is 16.2. The predicted octanol–water partition coefficient (Wildman–Crippen LogP) is 2.45. The van der Waals surface area contributed by atoms with Gasteiger partial charge in [-0.25, -0.2) is 0 Å². The van der Waals surface area contributed by atoms with Crippen molar-refractivity contribution in [3.8, 4) is 11.1 Å². The Kier molecular flexibility index (Phi) is 5.48. The number of amides is 2. The molecule has 1 fully saturated rings. The number of hydrogen-bond acceptors (Lipinski definition) is 5. The molecular weight excluding hydrogens is 366 g/mol. The number of aromatic nitrogens is 2. The Morgan fingerprint density at radius 3 is 2.59 bits per heavy atom. The molecule has 0 atom stereocenters. The van der Waals surface area contributed by atoms with Gasteiger partial charge in [0.15, 0.2) is 0 Å². The summed E-state index contributed by atoms with van der Waals surface area (Å²) >= 11 is 0. The Labute approximate surface area is 169 Å². The van der Waals surface area contributed by atoms with Gasteiger partial charge in [0.25, 0.3) is 0 Å². The Hall–Kier alpha value is -3.32. The molecule has 7 heteroatoms. The first-order valence-electron chi connectivity index (χ1n) is 9.70. The molecule has 2 N–H and O–H groups in total. The summed E-state index contributed by atoms with van der Waals surface area (Å²) in [6.07, 6.45) is 6.87. The van der Waals surface area contributed by atoms with Crippen LogP contribution in [0, 0.1) is 0 Å². The zero-order chi connectivity index (χ0) is 20.2. The summed E-state index contributed by atoms with van der Waals surface area (Å²) in [5, 5.41) is 6.44. The van der Waals surface area contributed by atoms with Crippen molar-refractivity contribution >= 4 is 28.4 Å². The fourth-order valence-electron chi connectivity index (χ4n) is 3.63. The predicted molar refractivity (Wildman–Crippen MR) is 112 cm³/mol. The highest BCUT2D eigenvalue weighted by molar-refractivity contribution is 6.40. The van der Waals surface area contributed by atoms with E-state index in [-0.39, 0.29) is 6.04 Å². The molecule has 2 amide bonds. The smallest absolute Gasteiger partial charge is 0.313 e. The topological polar surface area (TPSA) is 87.2 Å². The number of piperidine rings is 1. The number of fused-ring (bicyclic) bond motifs is 1. The molecule has 7 nitrogen and oxygen atoms in total. The molecule has 1 aliphatic heterocycles. The van der Waals surface area contributed by atoms with Crippen LogP contribution in [0.3, 0.4) is 0 Å².